The smallest absolute Gasteiger partial charge is 0.142 e. The molecule has 1 heterocycles. The highest BCUT2D eigenvalue weighted by atomic mass is 32.2. The Labute approximate surface area is 76.0 Å². The summed E-state index contributed by atoms with van der Waals surface area (Å²) in [6.07, 6.45) is 0. The monoisotopic (exact) mass is 187 g/mol. The average molecular weight is 187 g/mol. The Bertz CT molecular complexity index is 249. The van der Waals surface area contributed by atoms with Gasteiger partial charge < -0.3 is 9.67 Å². The predicted molar refractivity (Wildman–Crippen MR) is 49.0 cm³/mol. The SMILES string of the molecule is Cc1nnc(CSCCO)n1C. The Morgan fingerprint density at radius 2 is 2.25 bits per heavy atom. The van der Waals surface area contributed by atoms with Crippen molar-refractivity contribution in [3.8, 4) is 0 Å². The minimum absolute atomic E-state index is 0.224. The molecule has 1 aromatic rings. The molecule has 0 fully saturated rings. The second-order valence-corrected chi connectivity index (χ2v) is 3.60. The lowest BCUT2D eigenvalue weighted by Crippen LogP contribution is -1.98. The van der Waals surface area contributed by atoms with Crippen LogP contribution in [0.5, 0.6) is 0 Å². The highest BCUT2D eigenvalue weighted by Gasteiger charge is 2.03. The number of aromatic nitrogens is 3. The molecule has 0 bridgehead atoms. The second kappa shape index (κ2) is 4.47. The van der Waals surface area contributed by atoms with Crippen LogP contribution < -0.4 is 0 Å². The van der Waals surface area contributed by atoms with E-state index in [0.29, 0.717) is 0 Å². The van der Waals surface area contributed by atoms with Crippen LogP contribution in [0.1, 0.15) is 11.6 Å². The molecule has 1 N–H and O–H groups in total. The fourth-order valence-electron chi connectivity index (χ4n) is 0.805. The molecule has 0 aliphatic heterocycles. The number of rotatable bonds is 4. The van der Waals surface area contributed by atoms with Crippen LogP contribution >= 0.6 is 11.8 Å². The molecular weight excluding hydrogens is 174 g/mol. The van der Waals surface area contributed by atoms with Gasteiger partial charge in [0, 0.05) is 12.8 Å². The molecule has 5 heteroatoms. The van der Waals surface area contributed by atoms with Crippen molar-refractivity contribution in [1.29, 1.82) is 0 Å². The first kappa shape index (κ1) is 9.54. The van der Waals surface area contributed by atoms with Gasteiger partial charge in [0.05, 0.1) is 12.4 Å². The summed E-state index contributed by atoms with van der Waals surface area (Å²) < 4.78 is 1.96. The van der Waals surface area contributed by atoms with Crippen molar-refractivity contribution >= 4 is 11.8 Å². The van der Waals surface area contributed by atoms with Gasteiger partial charge in [-0.25, -0.2) is 0 Å². The lowest BCUT2D eigenvalue weighted by atomic mass is 10.6. The summed E-state index contributed by atoms with van der Waals surface area (Å²) in [6.45, 7) is 2.15. The number of aliphatic hydroxyl groups is 1. The molecule has 0 aromatic carbocycles. The minimum Gasteiger partial charge on any atom is -0.396 e. The lowest BCUT2D eigenvalue weighted by Gasteiger charge is -1.99. The van der Waals surface area contributed by atoms with E-state index in [1.165, 1.54) is 0 Å². The van der Waals surface area contributed by atoms with Crippen LogP contribution in [0.2, 0.25) is 0 Å². The third-order valence-electron chi connectivity index (χ3n) is 1.65. The average Bonchev–Trinajstić information content (AvgIpc) is 2.36. The summed E-state index contributed by atoms with van der Waals surface area (Å²) in [7, 11) is 1.95. The van der Waals surface area contributed by atoms with Gasteiger partial charge in [0.15, 0.2) is 0 Å². The van der Waals surface area contributed by atoms with E-state index < -0.39 is 0 Å². The van der Waals surface area contributed by atoms with Gasteiger partial charge in [-0.2, -0.15) is 11.8 Å². The van der Waals surface area contributed by atoms with Gasteiger partial charge in [0.1, 0.15) is 11.6 Å². The number of hydrogen-bond acceptors (Lipinski definition) is 4. The molecule has 0 aliphatic rings. The largest absolute Gasteiger partial charge is 0.396 e. The van der Waals surface area contributed by atoms with Gasteiger partial charge in [-0.05, 0) is 6.92 Å². The fourth-order valence-corrected chi connectivity index (χ4v) is 1.51. The van der Waals surface area contributed by atoms with E-state index in [1.54, 1.807) is 11.8 Å². The van der Waals surface area contributed by atoms with Crippen molar-refractivity contribution in [2.45, 2.75) is 12.7 Å². The van der Waals surface area contributed by atoms with Gasteiger partial charge >= 0.3 is 0 Å². The summed E-state index contributed by atoms with van der Waals surface area (Å²) in [6, 6.07) is 0. The molecule has 0 amide bonds. The van der Waals surface area contributed by atoms with E-state index >= 15 is 0 Å². The topological polar surface area (TPSA) is 50.9 Å². The van der Waals surface area contributed by atoms with Crippen LogP contribution in [-0.2, 0) is 12.8 Å². The Kier molecular flexibility index (Phi) is 3.55. The second-order valence-electron chi connectivity index (χ2n) is 2.50. The van der Waals surface area contributed by atoms with Gasteiger partial charge in [-0.1, -0.05) is 0 Å². The molecule has 4 nitrogen and oxygen atoms in total. The van der Waals surface area contributed by atoms with Crippen molar-refractivity contribution in [2.24, 2.45) is 7.05 Å². The molecule has 0 spiro atoms. The Balaban J connectivity index is 2.46. The molecule has 12 heavy (non-hydrogen) atoms. The maximum absolute atomic E-state index is 8.56. The van der Waals surface area contributed by atoms with Crippen molar-refractivity contribution < 1.29 is 5.11 Å². The normalized spacial score (nSPS) is 10.6. The van der Waals surface area contributed by atoms with Crippen molar-refractivity contribution in [1.82, 2.24) is 14.8 Å². The molecule has 0 atom stereocenters. The molecule has 1 aromatic heterocycles. The first-order valence-corrected chi connectivity index (χ1v) is 4.94. The van der Waals surface area contributed by atoms with E-state index in [1.807, 2.05) is 18.5 Å². The zero-order valence-corrected chi connectivity index (χ0v) is 8.13. The predicted octanol–water partition coefficient (Wildman–Crippen LogP) is 0.349. The molecule has 0 saturated carbocycles. The maximum atomic E-state index is 8.56. The van der Waals surface area contributed by atoms with E-state index in [4.69, 9.17) is 5.11 Å². The number of hydrogen-bond donors (Lipinski definition) is 1. The maximum Gasteiger partial charge on any atom is 0.142 e. The van der Waals surface area contributed by atoms with E-state index in [-0.39, 0.29) is 6.61 Å². The standard InChI is InChI=1S/C7H13N3OS/c1-6-8-9-7(10(6)2)5-12-4-3-11/h11H,3-5H2,1-2H3. The number of nitrogens with zero attached hydrogens (tertiary/aromatic N) is 3. The summed E-state index contributed by atoms with van der Waals surface area (Å²) in [5.74, 6) is 3.46. The highest BCUT2D eigenvalue weighted by molar-refractivity contribution is 7.98. The quantitative estimate of drug-likeness (QED) is 0.691. The number of aliphatic hydroxyl groups excluding tert-OH is 1. The summed E-state index contributed by atoms with van der Waals surface area (Å²) in [5, 5.41) is 16.5. The van der Waals surface area contributed by atoms with E-state index in [0.717, 1.165) is 23.2 Å². The summed E-state index contributed by atoms with van der Waals surface area (Å²) in [5.41, 5.74) is 0. The van der Waals surface area contributed by atoms with Crippen LogP contribution in [0.15, 0.2) is 0 Å². The fraction of sp³-hybridized carbons (Fsp3) is 0.714. The van der Waals surface area contributed by atoms with Crippen molar-refractivity contribution in [3.63, 3.8) is 0 Å². The third-order valence-corrected chi connectivity index (χ3v) is 2.58. The molecule has 68 valence electrons. The molecular formula is C7H13N3OS. The summed E-state index contributed by atoms with van der Waals surface area (Å²) in [4.78, 5) is 0. The Morgan fingerprint density at radius 1 is 1.50 bits per heavy atom. The molecule has 0 unspecified atom stereocenters. The van der Waals surface area contributed by atoms with Crippen molar-refractivity contribution in [2.75, 3.05) is 12.4 Å². The van der Waals surface area contributed by atoms with Gasteiger partial charge in [0.25, 0.3) is 0 Å². The molecule has 1 rings (SSSR count). The van der Waals surface area contributed by atoms with Crippen LogP contribution in [0.25, 0.3) is 0 Å². The van der Waals surface area contributed by atoms with Crippen LogP contribution in [0.3, 0.4) is 0 Å². The molecule has 0 aliphatic carbocycles. The Hall–Kier alpha value is -0.550. The first-order valence-electron chi connectivity index (χ1n) is 3.79. The first-order chi connectivity index (χ1) is 5.75. The molecule has 0 saturated heterocycles. The minimum atomic E-state index is 0.224. The van der Waals surface area contributed by atoms with Gasteiger partial charge in [0.2, 0.25) is 0 Å². The number of thioether (sulfide) groups is 1. The lowest BCUT2D eigenvalue weighted by molar-refractivity contribution is 0.322. The molecule has 0 radical (unpaired) electrons. The van der Waals surface area contributed by atoms with Gasteiger partial charge in [-0.15, -0.1) is 10.2 Å². The van der Waals surface area contributed by atoms with Crippen LogP contribution in [-0.4, -0.2) is 32.2 Å². The zero-order chi connectivity index (χ0) is 8.97. The van der Waals surface area contributed by atoms with Crippen LogP contribution in [0.4, 0.5) is 0 Å². The number of aryl methyl sites for hydroxylation is 1. The zero-order valence-electron chi connectivity index (χ0n) is 7.32. The van der Waals surface area contributed by atoms with Gasteiger partial charge in [-0.3, -0.25) is 0 Å². The summed E-state index contributed by atoms with van der Waals surface area (Å²) >= 11 is 1.66. The third kappa shape index (κ3) is 2.22. The highest BCUT2D eigenvalue weighted by Crippen LogP contribution is 2.09. The van der Waals surface area contributed by atoms with E-state index in [2.05, 4.69) is 10.2 Å². The van der Waals surface area contributed by atoms with Crippen molar-refractivity contribution in [3.05, 3.63) is 11.6 Å². The van der Waals surface area contributed by atoms with Crippen LogP contribution in [0, 0.1) is 6.92 Å². The Morgan fingerprint density at radius 3 is 2.75 bits per heavy atom. The van der Waals surface area contributed by atoms with E-state index in [9.17, 15) is 0 Å².